The molecule has 0 unspecified atom stereocenters. The number of aromatic nitrogens is 1. The summed E-state index contributed by atoms with van der Waals surface area (Å²) in [5.41, 5.74) is 0.678. The number of amides is 1. The molecule has 4 rings (SSSR count). The maximum absolute atomic E-state index is 11.7. The van der Waals surface area contributed by atoms with Crippen molar-refractivity contribution >= 4 is 18.4 Å². The fourth-order valence-corrected chi connectivity index (χ4v) is 2.73. The molecule has 1 aromatic heterocycles. The summed E-state index contributed by atoms with van der Waals surface area (Å²) in [7, 11) is 0. The third-order valence-corrected chi connectivity index (χ3v) is 3.96. The van der Waals surface area contributed by atoms with Crippen LogP contribution in [0.3, 0.4) is 0 Å². The molecule has 1 aromatic rings. The standard InChI is InChI=1S/C16H24BN2O5/c1-15(2,3)24-14(20)18-8-12-6-5-7-13(19-12)17-21-9-16(4,10-22-17)11-23-17/h5-7H,8-11H2,1-4H3,(H,18,20)/q-1. The highest BCUT2D eigenvalue weighted by molar-refractivity contribution is 6.74. The highest BCUT2D eigenvalue weighted by Crippen LogP contribution is 2.34. The highest BCUT2D eigenvalue weighted by atomic mass is 16.8. The first-order valence-electron chi connectivity index (χ1n) is 8.18. The summed E-state index contributed by atoms with van der Waals surface area (Å²) in [5.74, 6) is 0. The lowest BCUT2D eigenvalue weighted by Crippen LogP contribution is -2.69. The molecule has 8 heteroatoms. The summed E-state index contributed by atoms with van der Waals surface area (Å²) in [6.07, 6.45) is -0.478. The van der Waals surface area contributed by atoms with Crippen LogP contribution in [-0.4, -0.2) is 43.3 Å². The Hall–Kier alpha value is -1.64. The van der Waals surface area contributed by atoms with Crippen LogP contribution in [0.25, 0.3) is 0 Å². The second-order valence-electron chi connectivity index (χ2n) is 7.80. The first-order valence-corrected chi connectivity index (χ1v) is 8.18. The van der Waals surface area contributed by atoms with Crippen LogP contribution < -0.4 is 10.9 Å². The molecule has 0 spiro atoms. The van der Waals surface area contributed by atoms with Crippen molar-refractivity contribution in [3.8, 4) is 0 Å². The van der Waals surface area contributed by atoms with E-state index >= 15 is 0 Å². The molecule has 132 valence electrons. The fraction of sp³-hybridized carbons (Fsp3) is 0.625. The van der Waals surface area contributed by atoms with E-state index in [9.17, 15) is 4.79 Å². The first kappa shape index (κ1) is 17.2. The van der Waals surface area contributed by atoms with E-state index in [1.807, 2.05) is 39.0 Å². The number of carbonyl (C=O) groups is 1. The molecule has 0 atom stereocenters. The number of ether oxygens (including phenoxy) is 1. The van der Waals surface area contributed by atoms with Crippen molar-refractivity contribution in [3.05, 3.63) is 23.9 Å². The van der Waals surface area contributed by atoms with E-state index in [1.54, 1.807) is 0 Å². The van der Waals surface area contributed by atoms with Gasteiger partial charge in [0.25, 0.3) is 0 Å². The number of hydrogen-bond acceptors (Lipinski definition) is 6. The van der Waals surface area contributed by atoms with Crippen molar-refractivity contribution in [2.24, 2.45) is 5.41 Å². The van der Waals surface area contributed by atoms with Crippen LogP contribution in [0, 0.1) is 5.41 Å². The number of pyridine rings is 1. The Morgan fingerprint density at radius 2 is 1.92 bits per heavy atom. The first-order chi connectivity index (χ1) is 11.2. The number of nitrogens with one attached hydrogen (secondary N) is 1. The van der Waals surface area contributed by atoms with Gasteiger partial charge >= 0.3 is 12.8 Å². The van der Waals surface area contributed by atoms with Gasteiger partial charge in [-0.2, -0.15) is 0 Å². The van der Waals surface area contributed by atoms with Gasteiger partial charge in [0.2, 0.25) is 0 Å². The van der Waals surface area contributed by atoms with Crippen LogP contribution in [0.1, 0.15) is 33.4 Å². The van der Waals surface area contributed by atoms with Crippen LogP contribution in [0.15, 0.2) is 18.2 Å². The topological polar surface area (TPSA) is 78.9 Å². The SMILES string of the molecule is CC12CO[B-](c3cccc(CNC(=O)OC(C)(C)C)n3)(OC1)OC2. The maximum atomic E-state index is 11.7. The summed E-state index contributed by atoms with van der Waals surface area (Å²) >= 11 is 0. The van der Waals surface area contributed by atoms with Gasteiger partial charge in [-0.05, 0) is 32.4 Å². The van der Waals surface area contributed by atoms with E-state index < -0.39 is 18.4 Å². The lowest BCUT2D eigenvalue weighted by atomic mass is 9.67. The Kier molecular flexibility index (Phi) is 4.31. The van der Waals surface area contributed by atoms with Crippen LogP contribution in [0.2, 0.25) is 0 Å². The second-order valence-corrected chi connectivity index (χ2v) is 7.80. The zero-order chi connectivity index (χ0) is 17.4. The molecule has 1 N–H and O–H groups in total. The molecule has 0 aromatic carbocycles. The minimum Gasteiger partial charge on any atom is -0.539 e. The van der Waals surface area contributed by atoms with Crippen molar-refractivity contribution in [1.29, 1.82) is 0 Å². The molecule has 0 saturated carbocycles. The summed E-state index contributed by atoms with van der Waals surface area (Å²) in [6.45, 7) is 7.58. The lowest BCUT2D eigenvalue weighted by molar-refractivity contribution is -0.119. The number of rotatable bonds is 3. The van der Waals surface area contributed by atoms with E-state index in [1.165, 1.54) is 0 Å². The third-order valence-electron chi connectivity index (χ3n) is 3.96. The average molecular weight is 335 g/mol. The molecule has 24 heavy (non-hydrogen) atoms. The second kappa shape index (κ2) is 6.02. The van der Waals surface area contributed by atoms with E-state index in [0.29, 0.717) is 31.1 Å². The van der Waals surface area contributed by atoms with Crippen molar-refractivity contribution in [3.63, 3.8) is 0 Å². The number of carbonyl (C=O) groups excluding carboxylic acids is 1. The molecule has 3 aliphatic heterocycles. The Balaban J connectivity index is 1.66. The zero-order valence-corrected chi connectivity index (χ0v) is 14.6. The minimum absolute atomic E-state index is 0.0839. The summed E-state index contributed by atoms with van der Waals surface area (Å²) in [4.78, 5) is 16.3. The Morgan fingerprint density at radius 1 is 1.29 bits per heavy atom. The molecule has 2 bridgehead atoms. The summed E-state index contributed by atoms with van der Waals surface area (Å²) in [6, 6.07) is 5.50. The molecular formula is C16H24BN2O5-. The number of alkyl carbamates (subject to hydrolysis) is 1. The monoisotopic (exact) mass is 335 g/mol. The van der Waals surface area contributed by atoms with Crippen LogP contribution in [-0.2, 0) is 25.2 Å². The Labute approximate surface area is 142 Å². The van der Waals surface area contributed by atoms with Gasteiger partial charge < -0.3 is 24.0 Å². The lowest BCUT2D eigenvalue weighted by Gasteiger charge is -2.57. The molecule has 3 aliphatic rings. The van der Waals surface area contributed by atoms with Gasteiger partial charge in [-0.1, -0.05) is 19.1 Å². The highest BCUT2D eigenvalue weighted by Gasteiger charge is 2.47. The van der Waals surface area contributed by atoms with Gasteiger partial charge in [-0.25, -0.2) is 4.79 Å². The third kappa shape index (κ3) is 3.71. The number of hydrogen-bond donors (Lipinski definition) is 1. The van der Waals surface area contributed by atoms with Gasteiger partial charge in [0, 0.05) is 25.2 Å². The van der Waals surface area contributed by atoms with Crippen LogP contribution in [0.4, 0.5) is 4.79 Å². The fourth-order valence-electron chi connectivity index (χ4n) is 2.73. The number of fused-ring (bicyclic) bond motifs is 3. The molecule has 4 heterocycles. The van der Waals surface area contributed by atoms with Gasteiger partial charge in [-0.3, -0.25) is 4.98 Å². The van der Waals surface area contributed by atoms with Crippen molar-refractivity contribution in [2.45, 2.75) is 39.8 Å². The molecule has 3 fully saturated rings. The molecule has 7 nitrogen and oxygen atoms in total. The zero-order valence-electron chi connectivity index (χ0n) is 14.6. The molecule has 0 aliphatic carbocycles. The Morgan fingerprint density at radius 3 is 2.50 bits per heavy atom. The average Bonchev–Trinajstić information content (AvgIpc) is 2.53. The van der Waals surface area contributed by atoms with Crippen LogP contribution in [0.5, 0.6) is 0 Å². The maximum Gasteiger partial charge on any atom is 0.427 e. The van der Waals surface area contributed by atoms with Gasteiger partial charge in [0.1, 0.15) is 5.60 Å². The number of nitrogens with zero attached hydrogens (tertiary/aromatic N) is 1. The molecule has 0 radical (unpaired) electrons. The van der Waals surface area contributed by atoms with Crippen molar-refractivity contribution < 1.29 is 23.5 Å². The van der Waals surface area contributed by atoms with Crippen molar-refractivity contribution in [1.82, 2.24) is 10.3 Å². The van der Waals surface area contributed by atoms with E-state index in [-0.39, 0.29) is 12.0 Å². The predicted molar refractivity (Wildman–Crippen MR) is 88.7 cm³/mol. The Bertz CT molecular complexity index is 607. The minimum atomic E-state index is -1.98. The van der Waals surface area contributed by atoms with Gasteiger partial charge in [0.15, 0.2) is 0 Å². The van der Waals surface area contributed by atoms with E-state index in [4.69, 9.17) is 18.7 Å². The van der Waals surface area contributed by atoms with Crippen molar-refractivity contribution in [2.75, 3.05) is 19.8 Å². The summed E-state index contributed by atoms with van der Waals surface area (Å²) in [5, 5.41) is 2.69. The van der Waals surface area contributed by atoms with Gasteiger partial charge in [-0.15, -0.1) is 0 Å². The smallest absolute Gasteiger partial charge is 0.427 e. The van der Waals surface area contributed by atoms with Gasteiger partial charge in [0.05, 0.1) is 12.2 Å². The normalized spacial score (nSPS) is 29.3. The largest absolute Gasteiger partial charge is 0.539 e. The molecule has 3 saturated heterocycles. The van der Waals surface area contributed by atoms with E-state index in [2.05, 4.69) is 17.2 Å². The summed E-state index contributed by atoms with van der Waals surface area (Å²) < 4.78 is 22.7. The predicted octanol–water partition coefficient (Wildman–Crippen LogP) is 1.34. The van der Waals surface area contributed by atoms with Crippen LogP contribution >= 0.6 is 0 Å². The quantitative estimate of drug-likeness (QED) is 0.840. The molecule has 1 amide bonds. The molecular weight excluding hydrogens is 311 g/mol. The van der Waals surface area contributed by atoms with E-state index in [0.717, 1.165) is 0 Å².